The Balaban J connectivity index is 1.40. The highest BCUT2D eigenvalue weighted by Gasteiger charge is 2.41. The van der Waals surface area contributed by atoms with Gasteiger partial charge in [0.25, 0.3) is 0 Å². The molecule has 0 bridgehead atoms. The van der Waals surface area contributed by atoms with E-state index in [9.17, 15) is 9.59 Å². The third-order valence-electron chi connectivity index (χ3n) is 6.60. The second-order valence-corrected chi connectivity index (χ2v) is 9.65. The van der Waals surface area contributed by atoms with Crippen molar-refractivity contribution in [3.05, 3.63) is 108 Å². The second kappa shape index (κ2) is 11.5. The second-order valence-electron chi connectivity index (χ2n) is 9.26. The first-order valence-corrected chi connectivity index (χ1v) is 13.0. The number of aromatic nitrogens is 1. The number of ether oxygens (including phenoxy) is 1. The summed E-state index contributed by atoms with van der Waals surface area (Å²) in [5.74, 6) is 0.738. The molecule has 0 unspecified atom stereocenters. The molecule has 3 heterocycles. The molecule has 1 aliphatic heterocycles. The van der Waals surface area contributed by atoms with Crippen LogP contribution in [-0.2, 0) is 9.53 Å². The summed E-state index contributed by atoms with van der Waals surface area (Å²) < 4.78 is 11.2. The molecule has 0 spiro atoms. The van der Waals surface area contributed by atoms with Gasteiger partial charge in [-0.15, -0.1) is 0 Å². The van der Waals surface area contributed by atoms with Crippen molar-refractivity contribution in [2.45, 2.75) is 25.4 Å². The van der Waals surface area contributed by atoms with E-state index in [1.54, 1.807) is 24.4 Å². The molecular formula is C30H28N4O4S. The quantitative estimate of drug-likeness (QED) is 0.225. The predicted molar refractivity (Wildman–Crippen MR) is 152 cm³/mol. The molecule has 2 aromatic carbocycles. The van der Waals surface area contributed by atoms with E-state index in [4.69, 9.17) is 21.4 Å². The van der Waals surface area contributed by atoms with E-state index in [2.05, 4.69) is 15.6 Å². The maximum Gasteiger partial charge on any atom is 0.337 e. The van der Waals surface area contributed by atoms with E-state index in [1.807, 2.05) is 72.5 Å². The number of hydrogen-bond donors (Lipinski definition) is 2. The van der Waals surface area contributed by atoms with Crippen LogP contribution in [0.5, 0.6) is 0 Å². The van der Waals surface area contributed by atoms with E-state index in [-0.39, 0.29) is 24.4 Å². The Morgan fingerprint density at radius 2 is 1.90 bits per heavy atom. The van der Waals surface area contributed by atoms with Gasteiger partial charge in [-0.3, -0.25) is 9.78 Å². The number of aryl methyl sites for hydroxylation is 1. The van der Waals surface area contributed by atoms with Gasteiger partial charge in [0.1, 0.15) is 17.6 Å². The minimum absolute atomic E-state index is 0.110. The number of nitrogens with one attached hydrogen (secondary N) is 2. The number of anilines is 1. The van der Waals surface area contributed by atoms with Crippen LogP contribution in [0.4, 0.5) is 5.69 Å². The summed E-state index contributed by atoms with van der Waals surface area (Å²) in [6.45, 7) is 2.38. The summed E-state index contributed by atoms with van der Waals surface area (Å²) in [5, 5.41) is 6.84. The highest BCUT2D eigenvalue weighted by molar-refractivity contribution is 7.80. The molecule has 39 heavy (non-hydrogen) atoms. The Morgan fingerprint density at radius 1 is 1.08 bits per heavy atom. The van der Waals surface area contributed by atoms with Crippen LogP contribution >= 0.6 is 12.2 Å². The van der Waals surface area contributed by atoms with E-state index < -0.39 is 5.97 Å². The van der Waals surface area contributed by atoms with Crippen LogP contribution in [0.25, 0.3) is 11.3 Å². The average Bonchev–Trinajstić information content (AvgIpc) is 3.58. The lowest BCUT2D eigenvalue weighted by Crippen LogP contribution is -2.32. The Kier molecular flexibility index (Phi) is 7.69. The van der Waals surface area contributed by atoms with Gasteiger partial charge in [-0.05, 0) is 67.7 Å². The molecule has 0 aliphatic carbocycles. The fourth-order valence-corrected chi connectivity index (χ4v) is 4.95. The average molecular weight is 541 g/mol. The fraction of sp³-hybridized carbons (Fsp3) is 0.200. The van der Waals surface area contributed by atoms with Gasteiger partial charge >= 0.3 is 5.97 Å². The Labute approximate surface area is 232 Å². The molecule has 1 amide bonds. The number of furan rings is 1. The van der Waals surface area contributed by atoms with Crippen molar-refractivity contribution >= 4 is 34.9 Å². The molecule has 1 fully saturated rings. The minimum Gasteiger partial charge on any atom is -0.465 e. The maximum atomic E-state index is 12.8. The third-order valence-corrected chi connectivity index (χ3v) is 6.95. The first kappa shape index (κ1) is 26.1. The summed E-state index contributed by atoms with van der Waals surface area (Å²) in [4.78, 5) is 31.3. The number of amides is 1. The standard InChI is InChI=1S/C30H28N4O4S/c1-19-9-11-22(12-10-19)32-26(35)15-17-34-28(27(33-30(34)39)23-8-3-4-16-31-23)25-14-13-24(38-25)20-6-5-7-21(18-20)29(36)37-2/h3-14,16,18,27-28H,15,17H2,1-2H3,(H,32,35)(H,33,39)/t27-,28-/m0/s1. The van der Waals surface area contributed by atoms with Gasteiger partial charge in [0.2, 0.25) is 5.91 Å². The van der Waals surface area contributed by atoms with Crippen LogP contribution in [0.2, 0.25) is 0 Å². The van der Waals surface area contributed by atoms with E-state index >= 15 is 0 Å². The topological polar surface area (TPSA) is 96.7 Å². The first-order valence-electron chi connectivity index (χ1n) is 12.6. The molecule has 4 aromatic rings. The molecule has 198 valence electrons. The molecule has 8 nitrogen and oxygen atoms in total. The van der Waals surface area contributed by atoms with Gasteiger partial charge in [0.15, 0.2) is 5.11 Å². The minimum atomic E-state index is -0.417. The van der Waals surface area contributed by atoms with Crippen LogP contribution in [0.1, 0.15) is 45.9 Å². The van der Waals surface area contributed by atoms with Gasteiger partial charge in [0.05, 0.1) is 24.4 Å². The van der Waals surface area contributed by atoms with Gasteiger partial charge in [-0.25, -0.2) is 4.79 Å². The number of nitrogens with zero attached hydrogens (tertiary/aromatic N) is 2. The van der Waals surface area contributed by atoms with Crippen LogP contribution < -0.4 is 10.6 Å². The largest absolute Gasteiger partial charge is 0.465 e. The van der Waals surface area contributed by atoms with E-state index in [0.717, 1.165) is 22.5 Å². The van der Waals surface area contributed by atoms with Gasteiger partial charge < -0.3 is 24.7 Å². The SMILES string of the molecule is COC(=O)c1cccc(-c2ccc([C@H]3[C@H](c4ccccn4)NC(=S)N3CCC(=O)Nc3ccc(C)cc3)o2)c1. The van der Waals surface area contributed by atoms with Crippen molar-refractivity contribution < 1.29 is 18.7 Å². The number of esters is 1. The number of hydrogen-bond acceptors (Lipinski definition) is 6. The fourth-order valence-electron chi connectivity index (χ4n) is 4.62. The van der Waals surface area contributed by atoms with Crippen molar-refractivity contribution in [1.82, 2.24) is 15.2 Å². The monoisotopic (exact) mass is 540 g/mol. The van der Waals surface area contributed by atoms with Gasteiger partial charge in [0, 0.05) is 30.4 Å². The number of benzene rings is 2. The lowest BCUT2D eigenvalue weighted by atomic mass is 10.0. The molecule has 2 N–H and O–H groups in total. The maximum absolute atomic E-state index is 12.8. The van der Waals surface area contributed by atoms with Crippen molar-refractivity contribution in [3.8, 4) is 11.3 Å². The Hall–Kier alpha value is -4.50. The first-order chi connectivity index (χ1) is 18.9. The molecule has 9 heteroatoms. The molecule has 1 aliphatic rings. The smallest absolute Gasteiger partial charge is 0.337 e. The molecular weight excluding hydrogens is 512 g/mol. The van der Waals surface area contributed by atoms with Gasteiger partial charge in [-0.2, -0.15) is 0 Å². The van der Waals surface area contributed by atoms with E-state index in [0.29, 0.717) is 28.7 Å². The lowest BCUT2D eigenvalue weighted by Gasteiger charge is -2.25. The van der Waals surface area contributed by atoms with Crippen LogP contribution in [0.15, 0.2) is 89.5 Å². The Morgan fingerprint density at radius 3 is 2.64 bits per heavy atom. The van der Waals surface area contributed by atoms with Crippen LogP contribution in [0, 0.1) is 6.92 Å². The van der Waals surface area contributed by atoms with Gasteiger partial charge in [-0.1, -0.05) is 35.9 Å². The van der Waals surface area contributed by atoms with Crippen molar-refractivity contribution in [3.63, 3.8) is 0 Å². The summed E-state index contributed by atoms with van der Waals surface area (Å²) in [6, 6.07) is 23.6. The van der Waals surface area contributed by atoms with Crippen LogP contribution in [-0.4, -0.2) is 40.5 Å². The van der Waals surface area contributed by atoms with Crippen LogP contribution in [0.3, 0.4) is 0 Å². The Bertz CT molecular complexity index is 1490. The normalized spacial score (nSPS) is 16.6. The zero-order valence-corrected chi connectivity index (χ0v) is 22.4. The van der Waals surface area contributed by atoms with Crippen molar-refractivity contribution in [2.75, 3.05) is 19.0 Å². The van der Waals surface area contributed by atoms with E-state index in [1.165, 1.54) is 7.11 Å². The van der Waals surface area contributed by atoms with Crippen molar-refractivity contribution in [1.29, 1.82) is 0 Å². The molecule has 1 saturated heterocycles. The lowest BCUT2D eigenvalue weighted by molar-refractivity contribution is -0.116. The zero-order chi connectivity index (χ0) is 27.4. The summed E-state index contributed by atoms with van der Waals surface area (Å²) >= 11 is 5.71. The number of thiocarbonyl (C=S) groups is 1. The summed E-state index contributed by atoms with van der Waals surface area (Å²) in [6.07, 6.45) is 1.97. The molecule has 0 saturated carbocycles. The number of carbonyl (C=O) groups excluding carboxylic acids is 2. The third kappa shape index (κ3) is 5.83. The molecule has 0 radical (unpaired) electrons. The number of pyridine rings is 1. The molecule has 2 atom stereocenters. The predicted octanol–water partition coefficient (Wildman–Crippen LogP) is 5.44. The number of rotatable bonds is 8. The summed E-state index contributed by atoms with van der Waals surface area (Å²) in [5.41, 5.74) is 3.86. The molecule has 5 rings (SSSR count). The molecule has 2 aromatic heterocycles. The number of carbonyl (C=O) groups is 2. The highest BCUT2D eigenvalue weighted by atomic mass is 32.1. The summed E-state index contributed by atoms with van der Waals surface area (Å²) in [7, 11) is 1.35. The number of methoxy groups -OCH3 is 1. The highest BCUT2D eigenvalue weighted by Crippen LogP contribution is 2.40. The van der Waals surface area contributed by atoms with Crippen molar-refractivity contribution in [2.24, 2.45) is 0 Å². The zero-order valence-electron chi connectivity index (χ0n) is 21.6.